The van der Waals surface area contributed by atoms with Crippen LogP contribution in [-0.4, -0.2) is 54.7 Å². The number of nitrogens with one attached hydrogen (secondary N) is 3. The molecule has 130 valence electrons. The molecule has 0 spiro atoms. The van der Waals surface area contributed by atoms with E-state index in [2.05, 4.69) is 15.5 Å². The molecule has 1 saturated heterocycles. The zero-order chi connectivity index (χ0) is 17.1. The highest BCUT2D eigenvalue weighted by Crippen LogP contribution is 2.20. The largest absolute Gasteiger partial charge is 0.348 e. The average molecular weight is 372 g/mol. The van der Waals surface area contributed by atoms with Crippen molar-refractivity contribution >= 4 is 40.5 Å². The van der Waals surface area contributed by atoms with E-state index in [0.29, 0.717) is 23.4 Å². The van der Waals surface area contributed by atoms with Gasteiger partial charge in [0.2, 0.25) is 0 Å². The van der Waals surface area contributed by atoms with Crippen LogP contribution in [0.4, 0.5) is 10.1 Å². The van der Waals surface area contributed by atoms with Gasteiger partial charge >= 0.3 is 0 Å². The van der Waals surface area contributed by atoms with Gasteiger partial charge in [-0.3, -0.25) is 4.79 Å². The van der Waals surface area contributed by atoms with Crippen LogP contribution in [0.2, 0.25) is 5.02 Å². The molecule has 0 radical (unpaired) electrons. The van der Waals surface area contributed by atoms with Gasteiger partial charge in [0.25, 0.3) is 5.91 Å². The van der Waals surface area contributed by atoms with Crippen molar-refractivity contribution in [3.63, 3.8) is 0 Å². The molecule has 24 heavy (non-hydrogen) atoms. The molecule has 0 unspecified atom stereocenters. The fraction of sp³-hybridized carbons (Fsp3) is 0.500. The van der Waals surface area contributed by atoms with Gasteiger partial charge in [-0.25, -0.2) is 4.39 Å². The van der Waals surface area contributed by atoms with Crippen LogP contribution in [0, 0.1) is 5.82 Å². The Balaban J connectivity index is 1.44. The third-order valence-corrected chi connectivity index (χ3v) is 4.93. The molecular formula is C16H21ClFN4OS+. The van der Waals surface area contributed by atoms with E-state index in [1.54, 1.807) is 6.07 Å². The molecule has 2 aliphatic rings. The maximum absolute atomic E-state index is 13.2. The first kappa shape index (κ1) is 17.4. The average Bonchev–Trinajstić information content (AvgIpc) is 3.35. The summed E-state index contributed by atoms with van der Waals surface area (Å²) in [5.41, 5.74) is 0.671. The van der Waals surface area contributed by atoms with Crippen LogP contribution < -0.4 is 15.5 Å². The Labute approximate surface area is 151 Å². The molecule has 1 aliphatic carbocycles. The molecule has 1 aliphatic heterocycles. The molecule has 1 aromatic carbocycles. The van der Waals surface area contributed by atoms with Crippen LogP contribution in [0.1, 0.15) is 12.8 Å². The lowest BCUT2D eigenvalue weighted by atomic mass is 10.3. The van der Waals surface area contributed by atoms with E-state index in [1.165, 1.54) is 17.0 Å². The minimum atomic E-state index is -0.449. The predicted octanol–water partition coefficient (Wildman–Crippen LogP) is 0.655. The number of quaternary nitrogens is 1. The number of halogens is 2. The van der Waals surface area contributed by atoms with E-state index in [0.717, 1.165) is 39.0 Å². The topological polar surface area (TPSA) is 48.8 Å². The smallest absolute Gasteiger partial charge is 0.275 e. The zero-order valence-corrected chi connectivity index (χ0v) is 14.9. The summed E-state index contributed by atoms with van der Waals surface area (Å²) in [6.07, 6.45) is 2.23. The number of carbonyl (C=O) groups is 1. The maximum Gasteiger partial charge on any atom is 0.275 e. The Hall–Kier alpha value is -1.44. The van der Waals surface area contributed by atoms with Crippen molar-refractivity contribution in [1.29, 1.82) is 0 Å². The highest BCUT2D eigenvalue weighted by Gasteiger charge is 2.27. The Kier molecular flexibility index (Phi) is 5.53. The maximum atomic E-state index is 13.2. The second kappa shape index (κ2) is 7.63. The van der Waals surface area contributed by atoms with Gasteiger partial charge in [-0.2, -0.15) is 0 Å². The van der Waals surface area contributed by atoms with Crippen LogP contribution in [0.15, 0.2) is 18.2 Å². The van der Waals surface area contributed by atoms with Crippen LogP contribution in [0.25, 0.3) is 0 Å². The first-order valence-electron chi connectivity index (χ1n) is 8.15. The van der Waals surface area contributed by atoms with Gasteiger partial charge in [-0.15, -0.1) is 0 Å². The van der Waals surface area contributed by atoms with Crippen molar-refractivity contribution in [2.24, 2.45) is 0 Å². The molecule has 3 N–H and O–H groups in total. The third-order valence-electron chi connectivity index (χ3n) is 4.28. The quantitative estimate of drug-likeness (QED) is 0.680. The third kappa shape index (κ3) is 4.78. The number of hydrogen-bond acceptors (Lipinski definition) is 2. The number of thiocarbonyl (C=S) groups is 1. The summed E-state index contributed by atoms with van der Waals surface area (Å²) in [5, 5.41) is 6.78. The molecule has 1 heterocycles. The number of rotatable bonds is 4. The lowest BCUT2D eigenvalue weighted by Crippen LogP contribution is -3.15. The fourth-order valence-electron chi connectivity index (χ4n) is 2.71. The van der Waals surface area contributed by atoms with Crippen molar-refractivity contribution in [3.05, 3.63) is 29.0 Å². The standard InChI is InChI=1S/C16H20ClFN4OS/c17-13-9-12(3-4-14(13)18)20-16(24)22-7-5-21(6-8-22)10-15(23)19-11-1-2-11/h3-4,9,11H,1-2,5-8,10H2,(H,19,23)(H,20,24)/p+1. The molecular weight excluding hydrogens is 351 g/mol. The van der Waals surface area contributed by atoms with Gasteiger partial charge < -0.3 is 20.4 Å². The van der Waals surface area contributed by atoms with E-state index >= 15 is 0 Å². The van der Waals surface area contributed by atoms with E-state index in [1.807, 2.05) is 0 Å². The van der Waals surface area contributed by atoms with E-state index in [4.69, 9.17) is 23.8 Å². The summed E-state index contributed by atoms with van der Waals surface area (Å²) < 4.78 is 13.2. The summed E-state index contributed by atoms with van der Waals surface area (Å²) in [4.78, 5) is 15.2. The molecule has 1 aromatic rings. The molecule has 1 saturated carbocycles. The molecule has 1 amide bonds. The second-order valence-corrected chi connectivity index (χ2v) is 7.11. The van der Waals surface area contributed by atoms with Crippen LogP contribution in [0.5, 0.6) is 0 Å². The lowest BCUT2D eigenvalue weighted by molar-refractivity contribution is -0.895. The number of carbonyl (C=O) groups excluding carboxylic acids is 1. The second-order valence-electron chi connectivity index (χ2n) is 6.31. The normalized spacial score (nSPS) is 18.3. The SMILES string of the molecule is O=C(C[NH+]1CCN(C(=S)Nc2ccc(F)c(Cl)c2)CC1)NC1CC1. The zero-order valence-electron chi connectivity index (χ0n) is 13.3. The molecule has 0 atom stereocenters. The highest BCUT2D eigenvalue weighted by molar-refractivity contribution is 7.80. The number of piperazine rings is 1. The molecule has 3 rings (SSSR count). The lowest BCUT2D eigenvalue weighted by Gasteiger charge is -2.33. The van der Waals surface area contributed by atoms with E-state index < -0.39 is 5.82 Å². The molecule has 8 heteroatoms. The van der Waals surface area contributed by atoms with Gasteiger partial charge in [0.15, 0.2) is 11.7 Å². The number of benzene rings is 1. The van der Waals surface area contributed by atoms with Gasteiger partial charge in [-0.1, -0.05) is 11.6 Å². The van der Waals surface area contributed by atoms with Crippen molar-refractivity contribution < 1.29 is 14.1 Å². The van der Waals surface area contributed by atoms with E-state index in [9.17, 15) is 9.18 Å². The van der Waals surface area contributed by atoms with Crippen LogP contribution >= 0.6 is 23.8 Å². The minimum Gasteiger partial charge on any atom is -0.348 e. The van der Waals surface area contributed by atoms with Gasteiger partial charge in [0.05, 0.1) is 31.2 Å². The Morgan fingerprint density at radius 3 is 2.71 bits per heavy atom. The summed E-state index contributed by atoms with van der Waals surface area (Å²) >= 11 is 11.2. The summed E-state index contributed by atoms with van der Waals surface area (Å²) in [7, 11) is 0. The summed E-state index contributed by atoms with van der Waals surface area (Å²) in [6, 6.07) is 4.86. The molecule has 2 fully saturated rings. The van der Waals surface area contributed by atoms with Gasteiger partial charge in [0, 0.05) is 11.7 Å². The molecule has 5 nitrogen and oxygen atoms in total. The Morgan fingerprint density at radius 1 is 1.38 bits per heavy atom. The van der Waals surface area contributed by atoms with Crippen molar-refractivity contribution in [3.8, 4) is 0 Å². The Morgan fingerprint density at radius 2 is 2.08 bits per heavy atom. The summed E-state index contributed by atoms with van der Waals surface area (Å²) in [5.74, 6) is -0.308. The van der Waals surface area contributed by atoms with Crippen molar-refractivity contribution in [2.75, 3.05) is 38.0 Å². The summed E-state index contributed by atoms with van der Waals surface area (Å²) in [6.45, 7) is 3.83. The first-order chi connectivity index (χ1) is 11.5. The molecule has 0 aromatic heterocycles. The molecule has 0 bridgehead atoms. The van der Waals surface area contributed by atoms with Crippen molar-refractivity contribution in [1.82, 2.24) is 10.2 Å². The van der Waals surface area contributed by atoms with Crippen LogP contribution in [0.3, 0.4) is 0 Å². The monoisotopic (exact) mass is 371 g/mol. The number of amides is 1. The number of hydrogen-bond donors (Lipinski definition) is 3. The fourth-order valence-corrected chi connectivity index (χ4v) is 3.19. The predicted molar refractivity (Wildman–Crippen MR) is 95.9 cm³/mol. The van der Waals surface area contributed by atoms with E-state index in [-0.39, 0.29) is 10.9 Å². The Bertz CT molecular complexity index is 633. The van der Waals surface area contributed by atoms with Crippen LogP contribution in [-0.2, 0) is 4.79 Å². The number of anilines is 1. The van der Waals surface area contributed by atoms with Gasteiger partial charge in [0.1, 0.15) is 5.82 Å². The van der Waals surface area contributed by atoms with Gasteiger partial charge in [-0.05, 0) is 43.3 Å². The number of nitrogens with zero attached hydrogens (tertiary/aromatic N) is 1. The van der Waals surface area contributed by atoms with Crippen molar-refractivity contribution in [2.45, 2.75) is 18.9 Å². The minimum absolute atomic E-state index is 0.0683. The first-order valence-corrected chi connectivity index (χ1v) is 8.94. The highest BCUT2D eigenvalue weighted by atomic mass is 35.5.